The molecule has 0 aliphatic rings. The van der Waals surface area contributed by atoms with Gasteiger partial charge in [0.1, 0.15) is 5.75 Å². The van der Waals surface area contributed by atoms with Crippen LogP contribution in [0.15, 0.2) is 52.9 Å². The number of aryl methyl sites for hydroxylation is 2. The number of hydrogen-bond donors (Lipinski definition) is 1. The third kappa shape index (κ3) is 4.67. The van der Waals surface area contributed by atoms with Gasteiger partial charge in [-0.05, 0) is 36.2 Å². The molecule has 0 spiro atoms. The smallest absolute Gasteiger partial charge is 0.262 e. The van der Waals surface area contributed by atoms with Gasteiger partial charge < -0.3 is 14.5 Å². The molecule has 1 amide bonds. The van der Waals surface area contributed by atoms with Crippen molar-refractivity contribution in [3.05, 3.63) is 71.4 Å². The standard InChI is InChI=1S/C19H19N3O3/c1-13-5-3-4-6-17(13)24-12-18(23)20-16-9-7-15(8-10-16)11-19-22-21-14(2)25-19/h3-10H,11-12H2,1-2H3,(H,20,23). The highest BCUT2D eigenvalue weighted by Gasteiger charge is 2.07. The zero-order valence-electron chi connectivity index (χ0n) is 14.2. The first-order valence-electron chi connectivity index (χ1n) is 7.96. The lowest BCUT2D eigenvalue weighted by Crippen LogP contribution is -2.20. The van der Waals surface area contributed by atoms with Crippen molar-refractivity contribution in [2.45, 2.75) is 20.3 Å². The minimum Gasteiger partial charge on any atom is -0.483 e. The van der Waals surface area contributed by atoms with Crippen LogP contribution in [0.1, 0.15) is 22.9 Å². The summed E-state index contributed by atoms with van der Waals surface area (Å²) in [5.41, 5.74) is 2.73. The maximum absolute atomic E-state index is 12.0. The Labute approximate surface area is 145 Å². The van der Waals surface area contributed by atoms with Crippen LogP contribution in [0.25, 0.3) is 0 Å². The van der Waals surface area contributed by atoms with Crippen LogP contribution in [-0.2, 0) is 11.2 Å². The van der Waals surface area contributed by atoms with Gasteiger partial charge in [0.2, 0.25) is 11.8 Å². The summed E-state index contributed by atoms with van der Waals surface area (Å²) in [5.74, 6) is 1.62. The first-order valence-corrected chi connectivity index (χ1v) is 7.96. The molecule has 1 N–H and O–H groups in total. The molecule has 0 aliphatic carbocycles. The van der Waals surface area contributed by atoms with E-state index in [1.54, 1.807) is 6.92 Å². The molecule has 3 aromatic rings. The first kappa shape index (κ1) is 16.7. The minimum absolute atomic E-state index is 0.0339. The van der Waals surface area contributed by atoms with Crippen molar-refractivity contribution in [2.24, 2.45) is 0 Å². The quantitative estimate of drug-likeness (QED) is 0.747. The third-order valence-corrected chi connectivity index (χ3v) is 3.61. The molecule has 1 heterocycles. The molecule has 0 unspecified atom stereocenters. The lowest BCUT2D eigenvalue weighted by Gasteiger charge is -2.09. The molecule has 6 nitrogen and oxygen atoms in total. The molecule has 0 radical (unpaired) electrons. The Kier molecular flexibility index (Phi) is 5.09. The fraction of sp³-hybridized carbons (Fsp3) is 0.211. The topological polar surface area (TPSA) is 77.2 Å². The summed E-state index contributed by atoms with van der Waals surface area (Å²) in [6.45, 7) is 3.67. The van der Waals surface area contributed by atoms with Gasteiger partial charge in [0.25, 0.3) is 5.91 Å². The fourth-order valence-corrected chi connectivity index (χ4v) is 2.35. The number of carbonyl (C=O) groups is 1. The molecule has 2 aromatic carbocycles. The van der Waals surface area contributed by atoms with Gasteiger partial charge in [-0.3, -0.25) is 4.79 Å². The Morgan fingerprint density at radius 3 is 2.52 bits per heavy atom. The Morgan fingerprint density at radius 2 is 1.84 bits per heavy atom. The van der Waals surface area contributed by atoms with E-state index in [-0.39, 0.29) is 12.5 Å². The molecule has 0 atom stereocenters. The fourth-order valence-electron chi connectivity index (χ4n) is 2.35. The molecule has 1 aromatic heterocycles. The zero-order chi connectivity index (χ0) is 17.6. The molecule has 0 saturated heterocycles. The number of nitrogens with zero attached hydrogens (tertiary/aromatic N) is 2. The maximum Gasteiger partial charge on any atom is 0.262 e. The number of anilines is 1. The average molecular weight is 337 g/mol. The molecule has 0 bridgehead atoms. The Balaban J connectivity index is 1.52. The van der Waals surface area contributed by atoms with E-state index in [1.165, 1.54) is 0 Å². The highest BCUT2D eigenvalue weighted by Crippen LogP contribution is 2.16. The van der Waals surface area contributed by atoms with Crippen molar-refractivity contribution in [3.63, 3.8) is 0 Å². The van der Waals surface area contributed by atoms with Crippen molar-refractivity contribution >= 4 is 11.6 Å². The summed E-state index contributed by atoms with van der Waals surface area (Å²) in [7, 11) is 0. The van der Waals surface area contributed by atoms with Gasteiger partial charge in [0.05, 0.1) is 6.42 Å². The monoisotopic (exact) mass is 337 g/mol. The summed E-state index contributed by atoms with van der Waals surface area (Å²) in [5, 5.41) is 10.6. The van der Waals surface area contributed by atoms with E-state index in [1.807, 2.05) is 55.5 Å². The molecule has 6 heteroatoms. The summed E-state index contributed by atoms with van der Waals surface area (Å²) >= 11 is 0. The summed E-state index contributed by atoms with van der Waals surface area (Å²) in [4.78, 5) is 12.0. The maximum atomic E-state index is 12.0. The highest BCUT2D eigenvalue weighted by atomic mass is 16.5. The number of benzene rings is 2. The van der Waals surface area contributed by atoms with Crippen LogP contribution in [-0.4, -0.2) is 22.7 Å². The van der Waals surface area contributed by atoms with Crippen molar-refractivity contribution in [2.75, 3.05) is 11.9 Å². The second kappa shape index (κ2) is 7.61. The lowest BCUT2D eigenvalue weighted by molar-refractivity contribution is -0.118. The van der Waals surface area contributed by atoms with Crippen LogP contribution in [0.4, 0.5) is 5.69 Å². The molecule has 3 rings (SSSR count). The molecule has 0 fully saturated rings. The van der Waals surface area contributed by atoms with E-state index in [9.17, 15) is 4.79 Å². The number of amides is 1. The second-order valence-electron chi connectivity index (χ2n) is 5.69. The first-order chi connectivity index (χ1) is 12.1. The van der Waals surface area contributed by atoms with Gasteiger partial charge in [-0.15, -0.1) is 10.2 Å². The lowest BCUT2D eigenvalue weighted by atomic mass is 10.1. The molecule has 0 aliphatic heterocycles. The van der Waals surface area contributed by atoms with Crippen LogP contribution in [0, 0.1) is 13.8 Å². The van der Waals surface area contributed by atoms with E-state index in [2.05, 4.69) is 15.5 Å². The van der Waals surface area contributed by atoms with Crippen LogP contribution < -0.4 is 10.1 Å². The van der Waals surface area contributed by atoms with E-state index in [4.69, 9.17) is 9.15 Å². The minimum atomic E-state index is -0.205. The van der Waals surface area contributed by atoms with Crippen LogP contribution in [0.2, 0.25) is 0 Å². The molecule has 0 saturated carbocycles. The normalized spacial score (nSPS) is 10.5. The van der Waals surface area contributed by atoms with Crippen LogP contribution >= 0.6 is 0 Å². The Morgan fingerprint density at radius 1 is 1.08 bits per heavy atom. The predicted octanol–water partition coefficient (Wildman–Crippen LogP) is 3.29. The van der Waals surface area contributed by atoms with Gasteiger partial charge in [0, 0.05) is 12.6 Å². The largest absolute Gasteiger partial charge is 0.483 e. The van der Waals surface area contributed by atoms with Crippen LogP contribution in [0.3, 0.4) is 0 Å². The van der Waals surface area contributed by atoms with Crippen molar-refractivity contribution in [1.82, 2.24) is 10.2 Å². The number of aromatic nitrogens is 2. The highest BCUT2D eigenvalue weighted by molar-refractivity contribution is 5.91. The zero-order valence-corrected chi connectivity index (χ0v) is 14.2. The number of carbonyl (C=O) groups excluding carboxylic acids is 1. The number of nitrogens with one attached hydrogen (secondary N) is 1. The third-order valence-electron chi connectivity index (χ3n) is 3.61. The van der Waals surface area contributed by atoms with Crippen molar-refractivity contribution < 1.29 is 13.9 Å². The molecular formula is C19H19N3O3. The second-order valence-corrected chi connectivity index (χ2v) is 5.69. The van der Waals surface area contributed by atoms with Gasteiger partial charge in [0.15, 0.2) is 6.61 Å². The summed E-state index contributed by atoms with van der Waals surface area (Å²) in [6.07, 6.45) is 0.561. The van der Waals surface area contributed by atoms with Gasteiger partial charge >= 0.3 is 0 Å². The van der Waals surface area contributed by atoms with Crippen molar-refractivity contribution in [1.29, 1.82) is 0 Å². The van der Waals surface area contributed by atoms with Crippen LogP contribution in [0.5, 0.6) is 5.75 Å². The van der Waals surface area contributed by atoms with Gasteiger partial charge in [-0.2, -0.15) is 0 Å². The number of ether oxygens (including phenoxy) is 1. The number of rotatable bonds is 6. The number of hydrogen-bond acceptors (Lipinski definition) is 5. The predicted molar refractivity (Wildman–Crippen MR) is 93.6 cm³/mol. The van der Waals surface area contributed by atoms with E-state index < -0.39 is 0 Å². The number of para-hydroxylation sites is 1. The average Bonchev–Trinajstić information content (AvgIpc) is 3.01. The Bertz CT molecular complexity index is 856. The summed E-state index contributed by atoms with van der Waals surface area (Å²) < 4.78 is 10.9. The SMILES string of the molecule is Cc1nnc(Cc2ccc(NC(=O)COc3ccccc3C)cc2)o1. The van der Waals surface area contributed by atoms with E-state index in [0.29, 0.717) is 29.6 Å². The molecule has 25 heavy (non-hydrogen) atoms. The van der Waals surface area contributed by atoms with Gasteiger partial charge in [-0.1, -0.05) is 30.3 Å². The van der Waals surface area contributed by atoms with Crippen molar-refractivity contribution in [3.8, 4) is 5.75 Å². The molecule has 128 valence electrons. The Hall–Kier alpha value is -3.15. The van der Waals surface area contributed by atoms with E-state index in [0.717, 1.165) is 11.1 Å². The summed E-state index contributed by atoms with van der Waals surface area (Å²) in [6, 6.07) is 15.1. The van der Waals surface area contributed by atoms with E-state index >= 15 is 0 Å². The molecular weight excluding hydrogens is 318 g/mol. The van der Waals surface area contributed by atoms with Gasteiger partial charge in [-0.25, -0.2) is 0 Å².